The third-order valence-electron chi connectivity index (χ3n) is 5.74. The summed E-state index contributed by atoms with van der Waals surface area (Å²) in [6, 6.07) is 14.0. The van der Waals surface area contributed by atoms with Crippen LogP contribution in [0.1, 0.15) is 20.9 Å². The van der Waals surface area contributed by atoms with E-state index in [9.17, 15) is 0 Å². The number of hydrogen-bond donors (Lipinski definition) is 0. The van der Waals surface area contributed by atoms with Crippen molar-refractivity contribution >= 4 is 85.7 Å². The van der Waals surface area contributed by atoms with Crippen LogP contribution in [0.15, 0.2) is 36.4 Å². The SMILES string of the molecule is Cc1cc2ccc3c4cc(-c5sc6c(C)c(C)sc6c5C)sc4ccc3c2s1. The van der Waals surface area contributed by atoms with E-state index in [1.807, 2.05) is 45.3 Å². The average molecular weight is 435 g/mol. The lowest BCUT2D eigenvalue weighted by Crippen LogP contribution is -1.73. The molecule has 4 heteroatoms. The third kappa shape index (κ3) is 2.26. The molecule has 0 saturated carbocycles. The number of benzene rings is 2. The molecule has 0 aliphatic rings. The van der Waals surface area contributed by atoms with Gasteiger partial charge in [0.15, 0.2) is 0 Å². The molecular weight excluding hydrogens is 417 g/mol. The van der Waals surface area contributed by atoms with Crippen LogP contribution in [0.5, 0.6) is 0 Å². The van der Waals surface area contributed by atoms with Gasteiger partial charge in [0.1, 0.15) is 0 Å². The van der Waals surface area contributed by atoms with Crippen LogP contribution in [0.4, 0.5) is 0 Å². The maximum absolute atomic E-state index is 2.43. The van der Waals surface area contributed by atoms with E-state index in [0.717, 1.165) is 0 Å². The van der Waals surface area contributed by atoms with E-state index >= 15 is 0 Å². The first-order chi connectivity index (χ1) is 13.5. The normalized spacial score (nSPS) is 12.3. The van der Waals surface area contributed by atoms with Crippen LogP contribution in [-0.2, 0) is 0 Å². The zero-order chi connectivity index (χ0) is 19.2. The Bertz CT molecular complexity index is 1550. The largest absolute Gasteiger partial charge is 0.140 e. The second kappa shape index (κ2) is 5.90. The molecule has 0 aliphatic carbocycles. The standard InChI is InChI=1S/C24H18S4/c1-11-9-15-5-6-16-17(24(15)25-11)7-8-19-18(16)10-20(27-19)21-13(3)23-22(28-21)12(2)14(4)26-23/h5-10H,1-4H3. The zero-order valence-electron chi connectivity index (χ0n) is 16.1. The van der Waals surface area contributed by atoms with Crippen molar-refractivity contribution < 1.29 is 0 Å². The molecule has 0 fully saturated rings. The fourth-order valence-corrected chi connectivity index (χ4v) is 9.13. The van der Waals surface area contributed by atoms with Gasteiger partial charge in [-0.25, -0.2) is 0 Å². The Morgan fingerprint density at radius 1 is 0.607 bits per heavy atom. The minimum Gasteiger partial charge on any atom is -0.140 e. The highest BCUT2D eigenvalue weighted by Crippen LogP contribution is 2.48. The molecule has 0 atom stereocenters. The van der Waals surface area contributed by atoms with Crippen molar-refractivity contribution in [2.75, 3.05) is 0 Å². The van der Waals surface area contributed by atoms with Crippen LogP contribution in [0.25, 0.3) is 50.1 Å². The molecule has 28 heavy (non-hydrogen) atoms. The van der Waals surface area contributed by atoms with E-state index in [1.54, 1.807) is 0 Å². The van der Waals surface area contributed by atoms with Crippen molar-refractivity contribution in [3.63, 3.8) is 0 Å². The van der Waals surface area contributed by atoms with Gasteiger partial charge in [0.05, 0.1) is 0 Å². The highest BCUT2D eigenvalue weighted by Gasteiger charge is 2.18. The third-order valence-corrected chi connectivity index (χ3v) is 11.0. The van der Waals surface area contributed by atoms with Crippen LogP contribution in [-0.4, -0.2) is 0 Å². The molecule has 0 saturated heterocycles. The molecule has 0 amide bonds. The predicted octanol–water partition coefficient (Wildman–Crippen LogP) is 9.45. The Kier molecular flexibility index (Phi) is 3.61. The van der Waals surface area contributed by atoms with Crippen molar-refractivity contribution in [1.29, 1.82) is 0 Å². The molecule has 0 radical (unpaired) electrons. The number of aryl methyl sites for hydroxylation is 4. The first-order valence-electron chi connectivity index (χ1n) is 9.36. The summed E-state index contributed by atoms with van der Waals surface area (Å²) in [6.45, 7) is 9.00. The minimum absolute atomic E-state index is 1.37. The summed E-state index contributed by atoms with van der Waals surface area (Å²) in [4.78, 5) is 5.70. The van der Waals surface area contributed by atoms with E-state index in [2.05, 4.69) is 64.1 Å². The predicted molar refractivity (Wildman–Crippen MR) is 132 cm³/mol. The number of fused-ring (bicyclic) bond motifs is 6. The highest BCUT2D eigenvalue weighted by molar-refractivity contribution is 7.32. The lowest BCUT2D eigenvalue weighted by molar-refractivity contribution is 1.48. The van der Waals surface area contributed by atoms with E-state index in [1.165, 1.54) is 71.0 Å². The summed E-state index contributed by atoms with van der Waals surface area (Å²) in [5.41, 5.74) is 2.91. The average Bonchev–Trinajstić information content (AvgIpc) is 3.40. The van der Waals surface area contributed by atoms with Crippen LogP contribution < -0.4 is 0 Å². The molecule has 0 unspecified atom stereocenters. The molecule has 2 aromatic carbocycles. The maximum Gasteiger partial charge on any atom is 0.0493 e. The zero-order valence-corrected chi connectivity index (χ0v) is 19.4. The summed E-state index contributed by atoms with van der Waals surface area (Å²) in [5, 5.41) is 5.54. The van der Waals surface area contributed by atoms with E-state index in [4.69, 9.17) is 0 Å². The first kappa shape index (κ1) is 17.2. The fourth-order valence-electron chi connectivity index (χ4n) is 4.16. The van der Waals surface area contributed by atoms with E-state index in [-0.39, 0.29) is 0 Å². The van der Waals surface area contributed by atoms with Gasteiger partial charge in [0.2, 0.25) is 0 Å². The Labute approximate surface area is 179 Å². The summed E-state index contributed by atoms with van der Waals surface area (Å²) in [7, 11) is 0. The Hall–Kier alpha value is -1.72. The molecule has 0 nitrogen and oxygen atoms in total. The summed E-state index contributed by atoms with van der Waals surface area (Å²) in [5.74, 6) is 0. The number of rotatable bonds is 1. The smallest absolute Gasteiger partial charge is 0.0493 e. The Morgan fingerprint density at radius 2 is 1.39 bits per heavy atom. The van der Waals surface area contributed by atoms with E-state index in [0.29, 0.717) is 0 Å². The summed E-state index contributed by atoms with van der Waals surface area (Å²) < 4.78 is 5.77. The molecule has 0 N–H and O–H groups in total. The van der Waals surface area contributed by atoms with Gasteiger partial charge in [-0.15, -0.1) is 45.3 Å². The molecule has 0 spiro atoms. The summed E-state index contributed by atoms with van der Waals surface area (Å²) in [6.07, 6.45) is 0. The molecule has 138 valence electrons. The monoisotopic (exact) mass is 434 g/mol. The van der Waals surface area contributed by atoms with Crippen LogP contribution in [0.2, 0.25) is 0 Å². The highest BCUT2D eigenvalue weighted by atomic mass is 32.1. The Balaban J connectivity index is 1.64. The number of hydrogen-bond acceptors (Lipinski definition) is 4. The second-order valence-corrected chi connectivity index (χ2v) is 12.1. The van der Waals surface area contributed by atoms with Gasteiger partial charge in [-0.2, -0.15) is 0 Å². The molecule has 4 heterocycles. The Morgan fingerprint density at radius 3 is 2.21 bits per heavy atom. The topological polar surface area (TPSA) is 0 Å². The molecule has 4 aromatic heterocycles. The van der Waals surface area contributed by atoms with Crippen molar-refractivity contribution in [1.82, 2.24) is 0 Å². The molecule has 6 rings (SSSR count). The van der Waals surface area contributed by atoms with Gasteiger partial charge in [0.25, 0.3) is 0 Å². The number of thiophene rings is 4. The molecule has 0 bridgehead atoms. The van der Waals surface area contributed by atoms with Gasteiger partial charge in [-0.3, -0.25) is 0 Å². The summed E-state index contributed by atoms with van der Waals surface area (Å²) >= 11 is 7.77. The fraction of sp³-hybridized carbons (Fsp3) is 0.167. The lowest BCUT2D eigenvalue weighted by Gasteiger charge is -2.01. The minimum atomic E-state index is 1.37. The second-order valence-electron chi connectivity index (χ2n) is 7.52. The first-order valence-corrected chi connectivity index (χ1v) is 12.6. The van der Waals surface area contributed by atoms with Gasteiger partial charge in [-0.05, 0) is 67.8 Å². The van der Waals surface area contributed by atoms with Gasteiger partial charge < -0.3 is 0 Å². The maximum atomic E-state index is 2.43. The van der Waals surface area contributed by atoms with Gasteiger partial charge >= 0.3 is 0 Å². The van der Waals surface area contributed by atoms with Crippen molar-refractivity contribution in [2.45, 2.75) is 27.7 Å². The van der Waals surface area contributed by atoms with Crippen molar-refractivity contribution in [3.05, 3.63) is 57.3 Å². The van der Waals surface area contributed by atoms with Crippen LogP contribution in [0.3, 0.4) is 0 Å². The van der Waals surface area contributed by atoms with E-state index < -0.39 is 0 Å². The molecule has 6 aromatic rings. The molecule has 0 aliphatic heterocycles. The van der Waals surface area contributed by atoms with Crippen molar-refractivity contribution in [3.8, 4) is 9.75 Å². The van der Waals surface area contributed by atoms with Gasteiger partial charge in [0, 0.05) is 49.1 Å². The molecular formula is C24H18S4. The quantitative estimate of drug-likeness (QED) is 0.242. The lowest BCUT2D eigenvalue weighted by atomic mass is 10.0. The van der Waals surface area contributed by atoms with Crippen molar-refractivity contribution in [2.24, 2.45) is 0 Å². The van der Waals surface area contributed by atoms with Crippen LogP contribution >= 0.6 is 45.3 Å². The van der Waals surface area contributed by atoms with Gasteiger partial charge in [-0.1, -0.05) is 18.2 Å². The van der Waals surface area contributed by atoms with Crippen LogP contribution in [0, 0.1) is 27.7 Å².